The van der Waals surface area contributed by atoms with Gasteiger partial charge in [0.05, 0.1) is 5.02 Å². The number of halogens is 1. The molecule has 1 aromatic carbocycles. The molecule has 0 aliphatic rings. The maximum absolute atomic E-state index is 12.3. The highest BCUT2D eigenvalue weighted by Gasteiger charge is 2.20. The fourth-order valence-electron chi connectivity index (χ4n) is 2.32. The number of ether oxygens (including phenoxy) is 1. The Morgan fingerprint density at radius 3 is 2.55 bits per heavy atom. The molecule has 0 fully saturated rings. The van der Waals surface area contributed by atoms with Crippen LogP contribution in [0.25, 0.3) is 0 Å². The molecule has 1 amide bonds. The highest BCUT2D eigenvalue weighted by atomic mass is 35.5. The molecule has 0 spiro atoms. The van der Waals surface area contributed by atoms with Gasteiger partial charge in [-0.05, 0) is 30.9 Å². The summed E-state index contributed by atoms with van der Waals surface area (Å²) >= 11 is 6.08. The topological polar surface area (TPSA) is 38.3 Å². The van der Waals surface area contributed by atoms with Gasteiger partial charge >= 0.3 is 0 Å². The van der Waals surface area contributed by atoms with Crippen LogP contribution in [0.1, 0.15) is 52.9 Å². The Hall–Kier alpha value is -1.22. The van der Waals surface area contributed by atoms with Gasteiger partial charge < -0.3 is 10.1 Å². The molecule has 22 heavy (non-hydrogen) atoms. The van der Waals surface area contributed by atoms with Gasteiger partial charge in [-0.15, -0.1) is 0 Å². The lowest BCUT2D eigenvalue weighted by Gasteiger charge is -2.20. The SMILES string of the molecule is CCCC[C@H](CC)CNC(=O)[C@@H](CC)Oc1ccccc1Cl. The number of unbranched alkanes of at least 4 members (excludes halogenated alkanes) is 1. The number of hydrogen-bond acceptors (Lipinski definition) is 2. The second-order valence-corrected chi connectivity index (χ2v) is 6.01. The molecule has 0 aliphatic heterocycles. The van der Waals surface area contributed by atoms with E-state index in [2.05, 4.69) is 19.2 Å². The minimum atomic E-state index is -0.497. The van der Waals surface area contributed by atoms with Crippen LogP contribution < -0.4 is 10.1 Å². The van der Waals surface area contributed by atoms with E-state index in [4.69, 9.17) is 16.3 Å². The molecule has 0 heterocycles. The van der Waals surface area contributed by atoms with E-state index in [0.717, 1.165) is 19.4 Å². The molecule has 2 atom stereocenters. The van der Waals surface area contributed by atoms with Gasteiger partial charge in [-0.3, -0.25) is 4.79 Å². The van der Waals surface area contributed by atoms with Crippen molar-refractivity contribution in [2.75, 3.05) is 6.54 Å². The van der Waals surface area contributed by atoms with Gasteiger partial charge in [0.25, 0.3) is 5.91 Å². The van der Waals surface area contributed by atoms with Crippen molar-refractivity contribution >= 4 is 17.5 Å². The third-order valence-electron chi connectivity index (χ3n) is 3.88. The average molecular weight is 326 g/mol. The minimum Gasteiger partial charge on any atom is -0.479 e. The summed E-state index contributed by atoms with van der Waals surface area (Å²) in [6.07, 6.45) is 4.77. The zero-order valence-electron chi connectivity index (χ0n) is 13.9. The smallest absolute Gasteiger partial charge is 0.261 e. The molecule has 0 bridgehead atoms. The van der Waals surface area contributed by atoms with E-state index in [1.54, 1.807) is 12.1 Å². The molecule has 1 rings (SSSR count). The summed E-state index contributed by atoms with van der Waals surface area (Å²) in [4.78, 5) is 12.3. The van der Waals surface area contributed by atoms with Gasteiger partial charge in [-0.25, -0.2) is 0 Å². The van der Waals surface area contributed by atoms with Crippen molar-refractivity contribution in [3.8, 4) is 5.75 Å². The first-order chi connectivity index (χ1) is 10.6. The maximum atomic E-state index is 12.3. The molecule has 0 aliphatic carbocycles. The van der Waals surface area contributed by atoms with E-state index in [1.807, 2.05) is 19.1 Å². The lowest BCUT2D eigenvalue weighted by molar-refractivity contribution is -0.128. The van der Waals surface area contributed by atoms with Crippen molar-refractivity contribution in [2.24, 2.45) is 5.92 Å². The summed E-state index contributed by atoms with van der Waals surface area (Å²) in [5.74, 6) is 1.04. The first-order valence-corrected chi connectivity index (χ1v) is 8.68. The Morgan fingerprint density at radius 1 is 1.23 bits per heavy atom. The van der Waals surface area contributed by atoms with Gasteiger partial charge in [0.15, 0.2) is 6.10 Å². The number of amides is 1. The van der Waals surface area contributed by atoms with Crippen LogP contribution in [0, 0.1) is 5.92 Å². The van der Waals surface area contributed by atoms with Crippen LogP contribution in [-0.2, 0) is 4.79 Å². The Morgan fingerprint density at radius 2 is 1.95 bits per heavy atom. The van der Waals surface area contributed by atoms with Crippen LogP contribution in [-0.4, -0.2) is 18.6 Å². The molecule has 0 aromatic heterocycles. The number of benzene rings is 1. The fraction of sp³-hybridized carbons (Fsp3) is 0.611. The Bertz CT molecular complexity index is 450. The Kier molecular flexibility index (Phi) is 8.98. The fourth-order valence-corrected chi connectivity index (χ4v) is 2.50. The quantitative estimate of drug-likeness (QED) is 0.669. The molecule has 0 unspecified atom stereocenters. The molecular formula is C18H28ClNO2. The number of para-hydroxylation sites is 1. The van der Waals surface area contributed by atoms with Crippen LogP contribution in [0.4, 0.5) is 0 Å². The lowest BCUT2D eigenvalue weighted by Crippen LogP contribution is -2.40. The first-order valence-electron chi connectivity index (χ1n) is 8.31. The second kappa shape index (κ2) is 10.5. The summed E-state index contributed by atoms with van der Waals surface area (Å²) < 4.78 is 5.76. The van der Waals surface area contributed by atoms with Crippen molar-refractivity contribution in [1.82, 2.24) is 5.32 Å². The summed E-state index contributed by atoms with van der Waals surface area (Å²) in [6, 6.07) is 7.24. The molecule has 0 saturated heterocycles. The van der Waals surface area contributed by atoms with Gasteiger partial charge in [-0.2, -0.15) is 0 Å². The lowest BCUT2D eigenvalue weighted by atomic mass is 9.99. The number of carbonyl (C=O) groups excluding carboxylic acids is 1. The molecular weight excluding hydrogens is 298 g/mol. The molecule has 0 saturated carbocycles. The number of hydrogen-bond donors (Lipinski definition) is 1. The van der Waals surface area contributed by atoms with Crippen molar-refractivity contribution in [1.29, 1.82) is 0 Å². The Labute approximate surface area is 139 Å². The van der Waals surface area contributed by atoms with Gasteiger partial charge in [-0.1, -0.05) is 63.8 Å². The summed E-state index contributed by atoms with van der Waals surface area (Å²) in [7, 11) is 0. The Balaban J connectivity index is 2.52. The molecule has 3 nitrogen and oxygen atoms in total. The number of rotatable bonds is 10. The highest BCUT2D eigenvalue weighted by Crippen LogP contribution is 2.24. The van der Waals surface area contributed by atoms with E-state index in [1.165, 1.54) is 12.8 Å². The van der Waals surface area contributed by atoms with Gasteiger partial charge in [0.1, 0.15) is 5.75 Å². The number of nitrogens with one attached hydrogen (secondary N) is 1. The summed E-state index contributed by atoms with van der Waals surface area (Å²) in [5, 5.41) is 3.56. The van der Waals surface area contributed by atoms with E-state index in [-0.39, 0.29) is 5.91 Å². The van der Waals surface area contributed by atoms with E-state index in [0.29, 0.717) is 23.1 Å². The highest BCUT2D eigenvalue weighted by molar-refractivity contribution is 6.32. The average Bonchev–Trinajstić information content (AvgIpc) is 2.54. The maximum Gasteiger partial charge on any atom is 0.261 e. The monoisotopic (exact) mass is 325 g/mol. The van der Waals surface area contributed by atoms with Gasteiger partial charge in [0.2, 0.25) is 0 Å². The van der Waals surface area contributed by atoms with Crippen molar-refractivity contribution in [2.45, 2.75) is 59.0 Å². The minimum absolute atomic E-state index is 0.0580. The molecule has 1 aromatic rings. The van der Waals surface area contributed by atoms with Crippen molar-refractivity contribution < 1.29 is 9.53 Å². The molecule has 0 radical (unpaired) electrons. The zero-order chi connectivity index (χ0) is 16.4. The van der Waals surface area contributed by atoms with E-state index in [9.17, 15) is 4.79 Å². The predicted octanol–water partition coefficient (Wildman–Crippen LogP) is 4.83. The standard InChI is InChI=1S/C18H28ClNO2/c1-4-7-10-14(5-2)13-20-18(21)16(6-3)22-17-12-9-8-11-15(17)19/h8-9,11-12,14,16H,4-7,10,13H2,1-3H3,(H,20,21)/t14-,16+/m0/s1. The number of carbonyl (C=O) groups is 1. The van der Waals surface area contributed by atoms with Crippen LogP contribution in [0.2, 0.25) is 5.02 Å². The van der Waals surface area contributed by atoms with Crippen molar-refractivity contribution in [3.05, 3.63) is 29.3 Å². The molecule has 4 heteroatoms. The van der Waals surface area contributed by atoms with Gasteiger partial charge in [0, 0.05) is 6.54 Å². The van der Waals surface area contributed by atoms with Crippen LogP contribution in [0.3, 0.4) is 0 Å². The largest absolute Gasteiger partial charge is 0.479 e. The normalized spacial score (nSPS) is 13.5. The van der Waals surface area contributed by atoms with Crippen LogP contribution >= 0.6 is 11.6 Å². The van der Waals surface area contributed by atoms with Crippen molar-refractivity contribution in [3.63, 3.8) is 0 Å². The predicted molar refractivity (Wildman–Crippen MR) is 92.5 cm³/mol. The third-order valence-corrected chi connectivity index (χ3v) is 4.19. The van der Waals surface area contributed by atoms with Crippen LogP contribution in [0.15, 0.2) is 24.3 Å². The van der Waals surface area contributed by atoms with Crippen LogP contribution in [0.5, 0.6) is 5.75 Å². The van der Waals surface area contributed by atoms with E-state index < -0.39 is 6.10 Å². The second-order valence-electron chi connectivity index (χ2n) is 5.61. The zero-order valence-corrected chi connectivity index (χ0v) is 14.7. The molecule has 124 valence electrons. The molecule has 1 N–H and O–H groups in total. The first kappa shape index (κ1) is 18.8. The summed E-state index contributed by atoms with van der Waals surface area (Å²) in [5.41, 5.74) is 0. The summed E-state index contributed by atoms with van der Waals surface area (Å²) in [6.45, 7) is 7.02. The van der Waals surface area contributed by atoms with E-state index >= 15 is 0 Å². The third kappa shape index (κ3) is 6.27.